The molecule has 2 aromatic rings. The lowest BCUT2D eigenvalue weighted by Crippen LogP contribution is -2.12. The summed E-state index contributed by atoms with van der Waals surface area (Å²) in [7, 11) is 0. The summed E-state index contributed by atoms with van der Waals surface area (Å²) in [5.41, 5.74) is 0.671. The first-order valence-electron chi connectivity index (χ1n) is 5.77. The summed E-state index contributed by atoms with van der Waals surface area (Å²) in [4.78, 5) is 5.47. The van der Waals surface area contributed by atoms with Crippen LogP contribution in [0.2, 0.25) is 0 Å². The van der Waals surface area contributed by atoms with E-state index in [1.165, 1.54) is 10.9 Å². The average molecular weight is 329 g/mol. The van der Waals surface area contributed by atoms with Crippen molar-refractivity contribution in [3.8, 4) is 0 Å². The molecule has 0 radical (unpaired) electrons. The first kappa shape index (κ1) is 13.6. The van der Waals surface area contributed by atoms with E-state index in [4.69, 9.17) is 0 Å². The first-order chi connectivity index (χ1) is 8.69. The zero-order chi connectivity index (χ0) is 13.0. The van der Waals surface area contributed by atoms with Crippen molar-refractivity contribution in [2.45, 2.75) is 26.4 Å². The maximum Gasteiger partial charge on any atom is 0.127 e. The number of halogens is 2. The number of benzene rings is 1. The Bertz CT molecular complexity index is 527. The fourth-order valence-corrected chi connectivity index (χ4v) is 2.83. The van der Waals surface area contributed by atoms with E-state index in [9.17, 15) is 4.39 Å². The SMILES string of the molecule is CCc1ncc(CNCc2cc(Br)ccc2F)s1. The first-order valence-corrected chi connectivity index (χ1v) is 7.38. The fraction of sp³-hybridized carbons (Fsp3) is 0.308. The van der Waals surface area contributed by atoms with Crippen LogP contribution >= 0.6 is 27.3 Å². The van der Waals surface area contributed by atoms with E-state index < -0.39 is 0 Å². The van der Waals surface area contributed by atoms with Gasteiger partial charge in [0.2, 0.25) is 0 Å². The Morgan fingerprint density at radius 1 is 1.39 bits per heavy atom. The van der Waals surface area contributed by atoms with Crippen molar-refractivity contribution in [1.29, 1.82) is 0 Å². The quantitative estimate of drug-likeness (QED) is 0.900. The maximum absolute atomic E-state index is 13.5. The molecule has 0 aliphatic rings. The number of aromatic nitrogens is 1. The van der Waals surface area contributed by atoms with Gasteiger partial charge in [-0.2, -0.15) is 0 Å². The summed E-state index contributed by atoms with van der Waals surface area (Å²) in [6.45, 7) is 3.33. The molecule has 0 aliphatic carbocycles. The molecule has 1 aromatic carbocycles. The number of thiazole rings is 1. The highest BCUT2D eigenvalue weighted by molar-refractivity contribution is 9.10. The van der Waals surface area contributed by atoms with Crippen molar-refractivity contribution in [2.24, 2.45) is 0 Å². The largest absolute Gasteiger partial charge is 0.308 e. The summed E-state index contributed by atoms with van der Waals surface area (Å²) in [5.74, 6) is -0.177. The molecular formula is C13H14BrFN2S. The van der Waals surface area contributed by atoms with Crippen LogP contribution < -0.4 is 5.32 Å². The number of hydrogen-bond acceptors (Lipinski definition) is 3. The smallest absolute Gasteiger partial charge is 0.127 e. The number of rotatable bonds is 5. The van der Waals surface area contributed by atoms with Gasteiger partial charge in [0.1, 0.15) is 5.82 Å². The maximum atomic E-state index is 13.5. The lowest BCUT2D eigenvalue weighted by atomic mass is 10.2. The summed E-state index contributed by atoms with van der Waals surface area (Å²) in [5, 5.41) is 4.37. The summed E-state index contributed by atoms with van der Waals surface area (Å²) in [6, 6.07) is 4.98. The van der Waals surface area contributed by atoms with Crippen molar-refractivity contribution in [1.82, 2.24) is 10.3 Å². The molecule has 0 saturated carbocycles. The molecule has 0 spiro atoms. The van der Waals surface area contributed by atoms with E-state index in [1.54, 1.807) is 23.5 Å². The second kappa shape index (κ2) is 6.41. The number of aryl methyl sites for hydroxylation is 1. The second-order valence-corrected chi connectivity index (χ2v) is 6.03. The summed E-state index contributed by atoms with van der Waals surface area (Å²) >= 11 is 5.04. The Kier molecular flexibility index (Phi) is 4.86. The Morgan fingerprint density at radius 3 is 2.94 bits per heavy atom. The predicted molar refractivity (Wildman–Crippen MR) is 76.1 cm³/mol. The van der Waals surface area contributed by atoms with Gasteiger partial charge in [-0.15, -0.1) is 11.3 Å². The van der Waals surface area contributed by atoms with Crippen LogP contribution in [-0.4, -0.2) is 4.98 Å². The van der Waals surface area contributed by atoms with E-state index in [0.717, 1.165) is 22.4 Å². The van der Waals surface area contributed by atoms with Crippen LogP contribution in [0.25, 0.3) is 0 Å². The highest BCUT2D eigenvalue weighted by atomic mass is 79.9. The minimum absolute atomic E-state index is 0.177. The van der Waals surface area contributed by atoms with Gasteiger partial charge < -0.3 is 5.32 Å². The molecule has 0 atom stereocenters. The Morgan fingerprint density at radius 2 is 2.22 bits per heavy atom. The van der Waals surface area contributed by atoms with Crippen LogP contribution in [0.5, 0.6) is 0 Å². The Labute approximate surface area is 118 Å². The third-order valence-corrected chi connectivity index (χ3v) is 4.16. The molecule has 1 aromatic heterocycles. The van der Waals surface area contributed by atoms with Crippen LogP contribution in [0, 0.1) is 5.82 Å². The van der Waals surface area contributed by atoms with Crippen LogP contribution in [0.1, 0.15) is 22.4 Å². The number of nitrogens with one attached hydrogen (secondary N) is 1. The molecule has 1 heterocycles. The zero-order valence-corrected chi connectivity index (χ0v) is 12.4. The van der Waals surface area contributed by atoms with E-state index >= 15 is 0 Å². The van der Waals surface area contributed by atoms with Crippen LogP contribution in [0.4, 0.5) is 4.39 Å². The number of nitrogens with zero attached hydrogens (tertiary/aromatic N) is 1. The van der Waals surface area contributed by atoms with Gasteiger partial charge in [0, 0.05) is 34.2 Å². The van der Waals surface area contributed by atoms with Gasteiger partial charge in [0.15, 0.2) is 0 Å². The van der Waals surface area contributed by atoms with Crippen molar-refractivity contribution < 1.29 is 4.39 Å². The Balaban J connectivity index is 1.90. The normalized spacial score (nSPS) is 10.8. The molecule has 5 heteroatoms. The van der Waals surface area contributed by atoms with E-state index in [0.29, 0.717) is 12.1 Å². The predicted octanol–water partition coefficient (Wildman–Crippen LogP) is 3.90. The van der Waals surface area contributed by atoms with Gasteiger partial charge in [0.05, 0.1) is 5.01 Å². The highest BCUT2D eigenvalue weighted by Crippen LogP contribution is 2.16. The van der Waals surface area contributed by atoms with E-state index in [1.807, 2.05) is 6.20 Å². The standard InChI is InChI=1S/C13H14BrFN2S/c1-2-13-17-8-11(18-13)7-16-6-9-5-10(14)3-4-12(9)15/h3-5,8,16H,2,6-7H2,1H3. The minimum atomic E-state index is -0.177. The van der Waals surface area contributed by atoms with Crippen LogP contribution in [0.3, 0.4) is 0 Å². The van der Waals surface area contributed by atoms with Gasteiger partial charge in [-0.05, 0) is 24.6 Å². The van der Waals surface area contributed by atoms with Gasteiger partial charge in [0.25, 0.3) is 0 Å². The Hall–Kier alpha value is -0.780. The lowest BCUT2D eigenvalue weighted by molar-refractivity contribution is 0.588. The molecule has 0 saturated heterocycles. The molecule has 0 bridgehead atoms. The molecule has 0 aliphatic heterocycles. The van der Waals surface area contributed by atoms with E-state index in [-0.39, 0.29) is 5.82 Å². The molecule has 18 heavy (non-hydrogen) atoms. The monoisotopic (exact) mass is 328 g/mol. The molecule has 0 fully saturated rings. The molecule has 0 amide bonds. The van der Waals surface area contributed by atoms with Crippen molar-refractivity contribution in [2.75, 3.05) is 0 Å². The van der Waals surface area contributed by atoms with E-state index in [2.05, 4.69) is 33.2 Å². The lowest BCUT2D eigenvalue weighted by Gasteiger charge is -2.05. The summed E-state index contributed by atoms with van der Waals surface area (Å²) < 4.78 is 14.4. The van der Waals surface area contributed by atoms with Crippen molar-refractivity contribution in [3.05, 3.63) is 50.1 Å². The fourth-order valence-electron chi connectivity index (χ4n) is 1.59. The molecule has 2 rings (SSSR count). The van der Waals surface area contributed by atoms with Gasteiger partial charge >= 0.3 is 0 Å². The third-order valence-electron chi connectivity index (χ3n) is 2.53. The molecule has 0 unspecified atom stereocenters. The third kappa shape index (κ3) is 3.60. The van der Waals surface area contributed by atoms with Crippen LogP contribution in [-0.2, 0) is 19.5 Å². The minimum Gasteiger partial charge on any atom is -0.308 e. The average Bonchev–Trinajstić information content (AvgIpc) is 2.81. The van der Waals surface area contributed by atoms with Gasteiger partial charge in [-0.25, -0.2) is 9.37 Å². The number of hydrogen-bond donors (Lipinski definition) is 1. The molecular weight excluding hydrogens is 315 g/mol. The molecule has 96 valence electrons. The van der Waals surface area contributed by atoms with Crippen LogP contribution in [0.15, 0.2) is 28.9 Å². The highest BCUT2D eigenvalue weighted by Gasteiger charge is 2.04. The zero-order valence-electron chi connectivity index (χ0n) is 10.0. The van der Waals surface area contributed by atoms with Gasteiger partial charge in [-0.3, -0.25) is 0 Å². The van der Waals surface area contributed by atoms with Crippen molar-refractivity contribution in [3.63, 3.8) is 0 Å². The molecule has 1 N–H and O–H groups in total. The van der Waals surface area contributed by atoms with Crippen molar-refractivity contribution >= 4 is 27.3 Å². The topological polar surface area (TPSA) is 24.9 Å². The van der Waals surface area contributed by atoms with Gasteiger partial charge in [-0.1, -0.05) is 22.9 Å². The molecule has 2 nitrogen and oxygen atoms in total. The second-order valence-electron chi connectivity index (χ2n) is 3.91. The summed E-state index contributed by atoms with van der Waals surface area (Å²) in [6.07, 6.45) is 2.85.